The van der Waals surface area contributed by atoms with E-state index in [9.17, 15) is 4.79 Å². The topological polar surface area (TPSA) is 44.4 Å². The summed E-state index contributed by atoms with van der Waals surface area (Å²) in [5.41, 5.74) is 0.534. The Kier molecular flexibility index (Phi) is 6.20. The van der Waals surface area contributed by atoms with Gasteiger partial charge in [-0.15, -0.1) is 0 Å². The fourth-order valence-corrected chi connectivity index (χ4v) is 1.19. The molecule has 0 radical (unpaired) electrons. The molecular weight excluding hydrogens is 190 g/mol. The molecule has 0 aliphatic rings. The summed E-state index contributed by atoms with van der Waals surface area (Å²) < 4.78 is 0. The first kappa shape index (κ1) is 14.1. The first-order valence-corrected chi connectivity index (χ1v) is 5.31. The molecule has 0 bridgehead atoms. The van der Waals surface area contributed by atoms with Gasteiger partial charge in [0.25, 0.3) is 0 Å². The van der Waals surface area contributed by atoms with E-state index in [0.717, 1.165) is 6.54 Å². The van der Waals surface area contributed by atoms with Crippen molar-refractivity contribution in [3.63, 3.8) is 0 Å². The lowest BCUT2D eigenvalue weighted by Gasteiger charge is -2.31. The molecule has 2 N–H and O–H groups in total. The molecule has 0 saturated heterocycles. The largest absolute Gasteiger partial charge is 0.337 e. The van der Waals surface area contributed by atoms with Crippen molar-refractivity contribution in [2.24, 2.45) is 0 Å². The number of hydrogen-bond donors (Lipinski definition) is 2. The van der Waals surface area contributed by atoms with Gasteiger partial charge in [-0.3, -0.25) is 9.69 Å². The zero-order valence-corrected chi connectivity index (χ0v) is 10.4. The van der Waals surface area contributed by atoms with E-state index in [1.54, 1.807) is 6.92 Å². The molecule has 0 aromatic carbocycles. The van der Waals surface area contributed by atoms with Crippen LogP contribution in [0.2, 0.25) is 0 Å². The fourth-order valence-electron chi connectivity index (χ4n) is 1.19. The summed E-state index contributed by atoms with van der Waals surface area (Å²) in [6.07, 6.45) is 0.221. The minimum atomic E-state index is -0.0990. The van der Waals surface area contributed by atoms with Crippen LogP contribution in [0, 0.1) is 0 Å². The van der Waals surface area contributed by atoms with Crippen LogP contribution >= 0.6 is 0 Å². The van der Waals surface area contributed by atoms with Crippen LogP contribution in [0.4, 0.5) is 0 Å². The van der Waals surface area contributed by atoms with Crippen LogP contribution in [-0.4, -0.2) is 36.7 Å². The summed E-state index contributed by atoms with van der Waals surface area (Å²) >= 11 is 0. The maximum Gasteiger partial charge on any atom is 0.247 e. The predicted molar refractivity (Wildman–Crippen MR) is 63.3 cm³/mol. The Hall–Kier alpha value is -0.870. The molecule has 4 heteroatoms. The van der Waals surface area contributed by atoms with Gasteiger partial charge in [-0.25, -0.2) is 0 Å². The third-order valence-electron chi connectivity index (χ3n) is 2.45. The van der Waals surface area contributed by atoms with Crippen LogP contribution in [0.25, 0.3) is 0 Å². The van der Waals surface area contributed by atoms with Crippen molar-refractivity contribution in [3.8, 4) is 0 Å². The number of nitrogens with one attached hydrogen (secondary N) is 2. The van der Waals surface area contributed by atoms with Gasteiger partial charge in [0.15, 0.2) is 0 Å². The van der Waals surface area contributed by atoms with Gasteiger partial charge >= 0.3 is 0 Å². The molecule has 0 fully saturated rings. The van der Waals surface area contributed by atoms with Crippen LogP contribution in [0.15, 0.2) is 12.2 Å². The molecular formula is C11H23N3O. The highest BCUT2D eigenvalue weighted by Crippen LogP contribution is 1.98. The van der Waals surface area contributed by atoms with Crippen molar-refractivity contribution >= 4 is 5.91 Å². The Labute approximate surface area is 92.7 Å². The molecule has 4 nitrogen and oxygen atoms in total. The molecule has 1 amide bonds. The lowest BCUT2D eigenvalue weighted by molar-refractivity contribution is -0.119. The maximum absolute atomic E-state index is 11.4. The third-order valence-corrected chi connectivity index (χ3v) is 2.45. The molecule has 88 valence electrons. The van der Waals surface area contributed by atoms with Gasteiger partial charge in [-0.1, -0.05) is 13.5 Å². The maximum atomic E-state index is 11.4. The quantitative estimate of drug-likeness (QED) is 0.509. The zero-order chi connectivity index (χ0) is 12.0. The number of amides is 1. The third kappa shape index (κ3) is 4.95. The van der Waals surface area contributed by atoms with Crippen LogP contribution in [0.3, 0.4) is 0 Å². The van der Waals surface area contributed by atoms with Crippen molar-refractivity contribution in [2.45, 2.75) is 40.0 Å². The van der Waals surface area contributed by atoms with Gasteiger partial charge in [0.2, 0.25) is 5.91 Å². The summed E-state index contributed by atoms with van der Waals surface area (Å²) in [5.74, 6) is -0.0990. The molecule has 0 heterocycles. The van der Waals surface area contributed by atoms with E-state index < -0.39 is 0 Å². The lowest BCUT2D eigenvalue weighted by atomic mass is 10.3. The minimum Gasteiger partial charge on any atom is -0.337 e. The fraction of sp³-hybridized carbons (Fsp3) is 0.727. The molecule has 0 aliphatic heterocycles. The number of carbonyl (C=O) groups excluding carboxylic acids is 1. The van der Waals surface area contributed by atoms with Gasteiger partial charge in [-0.05, 0) is 34.4 Å². The summed E-state index contributed by atoms with van der Waals surface area (Å²) in [5, 5.41) is 6.15. The van der Waals surface area contributed by atoms with E-state index in [2.05, 4.69) is 36.0 Å². The number of hydrogen-bond acceptors (Lipinski definition) is 3. The Morgan fingerprint density at radius 1 is 1.40 bits per heavy atom. The standard InChI is InChI=1S/C11H23N3O/c1-7-12-9(4)14(6)10(5)13-11(15)8(2)3/h9-10,12H,2,7H2,1,3-6H3,(H,13,15). The summed E-state index contributed by atoms with van der Waals surface area (Å²) in [6, 6.07) is 0. The van der Waals surface area contributed by atoms with Gasteiger partial charge in [0.05, 0.1) is 12.3 Å². The number of nitrogens with zero attached hydrogens (tertiary/aromatic N) is 1. The van der Waals surface area contributed by atoms with Crippen LogP contribution in [-0.2, 0) is 4.79 Å². The molecule has 2 unspecified atom stereocenters. The van der Waals surface area contributed by atoms with E-state index in [0.29, 0.717) is 5.57 Å². The van der Waals surface area contributed by atoms with Crippen molar-refractivity contribution < 1.29 is 4.79 Å². The number of rotatable bonds is 6. The van der Waals surface area contributed by atoms with E-state index in [-0.39, 0.29) is 18.2 Å². The minimum absolute atomic E-state index is 0.0109. The molecule has 0 aromatic heterocycles. The summed E-state index contributed by atoms with van der Waals surface area (Å²) in [4.78, 5) is 13.4. The highest BCUT2D eigenvalue weighted by atomic mass is 16.1. The lowest BCUT2D eigenvalue weighted by Crippen LogP contribution is -2.52. The Morgan fingerprint density at radius 3 is 2.33 bits per heavy atom. The van der Waals surface area contributed by atoms with Crippen LogP contribution in [0.5, 0.6) is 0 Å². The van der Waals surface area contributed by atoms with Crippen molar-refractivity contribution in [2.75, 3.05) is 13.6 Å². The monoisotopic (exact) mass is 213 g/mol. The van der Waals surface area contributed by atoms with Crippen molar-refractivity contribution in [1.29, 1.82) is 0 Å². The predicted octanol–water partition coefficient (Wildman–Crippen LogP) is 0.912. The molecule has 0 aromatic rings. The second kappa shape index (κ2) is 6.58. The average molecular weight is 213 g/mol. The second-order valence-corrected chi connectivity index (χ2v) is 3.83. The molecule has 0 aliphatic carbocycles. The van der Waals surface area contributed by atoms with Gasteiger partial charge < -0.3 is 10.6 Å². The second-order valence-electron chi connectivity index (χ2n) is 3.83. The molecule has 2 atom stereocenters. The SMILES string of the molecule is C=C(C)C(=O)NC(C)N(C)C(C)NCC. The Balaban J connectivity index is 4.14. The Morgan fingerprint density at radius 2 is 1.93 bits per heavy atom. The van der Waals surface area contributed by atoms with Crippen molar-refractivity contribution in [3.05, 3.63) is 12.2 Å². The number of carbonyl (C=O) groups is 1. The molecule has 0 spiro atoms. The van der Waals surface area contributed by atoms with Crippen LogP contribution in [0.1, 0.15) is 27.7 Å². The van der Waals surface area contributed by atoms with E-state index in [1.807, 2.05) is 14.0 Å². The smallest absolute Gasteiger partial charge is 0.247 e. The summed E-state index contributed by atoms with van der Waals surface area (Å²) in [6.45, 7) is 12.3. The summed E-state index contributed by atoms with van der Waals surface area (Å²) in [7, 11) is 1.97. The molecule has 0 saturated carbocycles. The van der Waals surface area contributed by atoms with Crippen LogP contribution < -0.4 is 10.6 Å². The van der Waals surface area contributed by atoms with Gasteiger partial charge in [0, 0.05) is 5.57 Å². The first-order chi connectivity index (χ1) is 6.90. The molecule has 15 heavy (non-hydrogen) atoms. The van der Waals surface area contributed by atoms with Crippen molar-refractivity contribution in [1.82, 2.24) is 15.5 Å². The average Bonchev–Trinajstić information content (AvgIpc) is 2.16. The van der Waals surface area contributed by atoms with Gasteiger partial charge in [0.1, 0.15) is 0 Å². The van der Waals surface area contributed by atoms with E-state index >= 15 is 0 Å². The Bertz CT molecular complexity index is 228. The highest BCUT2D eigenvalue weighted by Gasteiger charge is 2.16. The molecule has 0 rings (SSSR count). The normalized spacial score (nSPS) is 14.8. The zero-order valence-electron chi connectivity index (χ0n) is 10.4. The first-order valence-electron chi connectivity index (χ1n) is 5.31. The van der Waals surface area contributed by atoms with Gasteiger partial charge in [-0.2, -0.15) is 0 Å². The van der Waals surface area contributed by atoms with E-state index in [4.69, 9.17) is 0 Å². The van der Waals surface area contributed by atoms with E-state index in [1.165, 1.54) is 0 Å². The highest BCUT2D eigenvalue weighted by molar-refractivity contribution is 5.92.